The van der Waals surface area contributed by atoms with E-state index in [0.717, 1.165) is 0 Å². The summed E-state index contributed by atoms with van der Waals surface area (Å²) in [5.41, 5.74) is 0.528. The summed E-state index contributed by atoms with van der Waals surface area (Å²) < 4.78 is 21.7. The highest BCUT2D eigenvalue weighted by Crippen LogP contribution is 2.05. The first-order valence-corrected chi connectivity index (χ1v) is 6.85. The van der Waals surface area contributed by atoms with Gasteiger partial charge in [-0.25, -0.2) is 13.4 Å². The molecule has 1 aromatic heterocycles. The van der Waals surface area contributed by atoms with Crippen LogP contribution in [0, 0.1) is 11.3 Å². The van der Waals surface area contributed by atoms with Gasteiger partial charge < -0.3 is 5.32 Å². The average molecular weight is 239 g/mol. The third-order valence-electron chi connectivity index (χ3n) is 1.89. The lowest BCUT2D eigenvalue weighted by Crippen LogP contribution is -2.10. The quantitative estimate of drug-likeness (QED) is 0.768. The number of aromatic nitrogens is 1. The van der Waals surface area contributed by atoms with Gasteiger partial charge in [-0.15, -0.1) is 0 Å². The lowest BCUT2D eigenvalue weighted by Gasteiger charge is -2.04. The van der Waals surface area contributed by atoms with Gasteiger partial charge >= 0.3 is 0 Å². The second-order valence-electron chi connectivity index (χ2n) is 3.45. The van der Waals surface area contributed by atoms with Crippen LogP contribution in [0.4, 0.5) is 5.82 Å². The van der Waals surface area contributed by atoms with Crippen molar-refractivity contribution in [2.45, 2.75) is 6.42 Å². The number of rotatable bonds is 5. The van der Waals surface area contributed by atoms with E-state index >= 15 is 0 Å². The molecule has 1 heterocycles. The highest BCUT2D eigenvalue weighted by molar-refractivity contribution is 7.90. The number of hydrogen-bond donors (Lipinski definition) is 1. The molecule has 0 bridgehead atoms. The van der Waals surface area contributed by atoms with Crippen molar-refractivity contribution < 1.29 is 8.42 Å². The molecule has 16 heavy (non-hydrogen) atoms. The van der Waals surface area contributed by atoms with Gasteiger partial charge in [-0.1, -0.05) is 0 Å². The molecule has 0 aromatic carbocycles. The molecule has 0 amide bonds. The van der Waals surface area contributed by atoms with Crippen LogP contribution in [0.3, 0.4) is 0 Å². The topological polar surface area (TPSA) is 82.9 Å². The lowest BCUT2D eigenvalue weighted by atomic mass is 10.3. The third-order valence-corrected chi connectivity index (χ3v) is 2.92. The molecule has 0 fully saturated rings. The zero-order valence-corrected chi connectivity index (χ0v) is 9.79. The Morgan fingerprint density at radius 3 is 2.94 bits per heavy atom. The van der Waals surface area contributed by atoms with Crippen molar-refractivity contribution in [1.29, 1.82) is 5.26 Å². The van der Waals surface area contributed by atoms with Gasteiger partial charge in [-0.2, -0.15) is 5.26 Å². The fourth-order valence-electron chi connectivity index (χ4n) is 1.15. The van der Waals surface area contributed by atoms with E-state index < -0.39 is 9.84 Å². The first kappa shape index (κ1) is 12.5. The number of nitrogens with zero attached hydrogens (tertiary/aromatic N) is 2. The summed E-state index contributed by atoms with van der Waals surface area (Å²) in [6.07, 6.45) is 3.27. The van der Waals surface area contributed by atoms with Crippen molar-refractivity contribution in [3.63, 3.8) is 0 Å². The van der Waals surface area contributed by atoms with E-state index in [4.69, 9.17) is 5.26 Å². The summed E-state index contributed by atoms with van der Waals surface area (Å²) in [6, 6.07) is 5.24. The second kappa shape index (κ2) is 5.47. The predicted molar refractivity (Wildman–Crippen MR) is 61.8 cm³/mol. The molecular weight excluding hydrogens is 226 g/mol. The van der Waals surface area contributed by atoms with Crippen LogP contribution < -0.4 is 5.32 Å². The van der Waals surface area contributed by atoms with Gasteiger partial charge in [-0.3, -0.25) is 0 Å². The Kier molecular flexibility index (Phi) is 4.26. The first-order chi connectivity index (χ1) is 7.51. The summed E-state index contributed by atoms with van der Waals surface area (Å²) in [6.45, 7) is 0.523. The minimum atomic E-state index is -2.90. The van der Waals surface area contributed by atoms with Crippen molar-refractivity contribution in [1.82, 2.24) is 4.98 Å². The van der Waals surface area contributed by atoms with Crippen LogP contribution in [-0.2, 0) is 9.84 Å². The van der Waals surface area contributed by atoms with Crippen LogP contribution in [0.1, 0.15) is 12.0 Å². The summed E-state index contributed by atoms with van der Waals surface area (Å²) in [5.74, 6) is 0.741. The standard InChI is InChI=1S/C10H13N3O2S/c1-16(14,15)6-2-4-12-10-7-9(8-11)3-5-13-10/h3,5,7H,2,4,6H2,1H3,(H,12,13). The Morgan fingerprint density at radius 2 is 2.31 bits per heavy atom. The molecule has 0 aliphatic rings. The predicted octanol–water partition coefficient (Wildman–Crippen LogP) is 0.800. The van der Waals surface area contributed by atoms with E-state index in [1.807, 2.05) is 6.07 Å². The number of hydrogen-bond acceptors (Lipinski definition) is 5. The van der Waals surface area contributed by atoms with Crippen LogP contribution >= 0.6 is 0 Å². The highest BCUT2D eigenvalue weighted by Gasteiger charge is 2.01. The maximum Gasteiger partial charge on any atom is 0.147 e. The molecule has 1 rings (SSSR count). The van der Waals surface area contributed by atoms with Crippen molar-refractivity contribution in [3.05, 3.63) is 23.9 Å². The molecule has 5 nitrogen and oxygen atoms in total. The maximum atomic E-state index is 10.9. The second-order valence-corrected chi connectivity index (χ2v) is 5.71. The van der Waals surface area contributed by atoms with Gasteiger partial charge in [0.2, 0.25) is 0 Å². The van der Waals surface area contributed by atoms with E-state index in [1.165, 1.54) is 12.5 Å². The third kappa shape index (κ3) is 4.75. The van der Waals surface area contributed by atoms with Crippen LogP contribution in [-0.4, -0.2) is 32.0 Å². The molecule has 0 saturated heterocycles. The van der Waals surface area contributed by atoms with Crippen molar-refractivity contribution >= 4 is 15.7 Å². The molecule has 0 saturated carbocycles. The van der Waals surface area contributed by atoms with E-state index in [-0.39, 0.29) is 5.75 Å². The zero-order chi connectivity index (χ0) is 12.0. The van der Waals surface area contributed by atoms with Gasteiger partial charge in [0, 0.05) is 19.0 Å². The monoisotopic (exact) mass is 239 g/mol. The fourth-order valence-corrected chi connectivity index (χ4v) is 1.82. The average Bonchev–Trinajstić information content (AvgIpc) is 2.23. The van der Waals surface area contributed by atoms with Crippen molar-refractivity contribution in [2.75, 3.05) is 23.9 Å². The van der Waals surface area contributed by atoms with Crippen LogP contribution in [0.15, 0.2) is 18.3 Å². The maximum absolute atomic E-state index is 10.9. The van der Waals surface area contributed by atoms with Gasteiger partial charge in [-0.05, 0) is 18.6 Å². The number of anilines is 1. The number of pyridine rings is 1. The molecule has 0 aliphatic heterocycles. The van der Waals surface area contributed by atoms with Gasteiger partial charge in [0.05, 0.1) is 17.4 Å². The van der Waals surface area contributed by atoms with E-state index in [0.29, 0.717) is 24.3 Å². The van der Waals surface area contributed by atoms with Gasteiger partial charge in [0.25, 0.3) is 0 Å². The molecule has 0 aliphatic carbocycles. The minimum absolute atomic E-state index is 0.151. The molecule has 0 atom stereocenters. The number of nitrogens with one attached hydrogen (secondary N) is 1. The summed E-state index contributed by atoms with van der Waals surface area (Å²) >= 11 is 0. The smallest absolute Gasteiger partial charge is 0.147 e. The Balaban J connectivity index is 2.41. The summed E-state index contributed by atoms with van der Waals surface area (Å²) in [4.78, 5) is 4.01. The Hall–Kier alpha value is -1.61. The normalized spacial score (nSPS) is 10.8. The largest absolute Gasteiger partial charge is 0.370 e. The first-order valence-electron chi connectivity index (χ1n) is 4.79. The summed E-state index contributed by atoms with van der Waals surface area (Å²) in [5, 5.41) is 11.6. The Morgan fingerprint density at radius 1 is 1.56 bits per heavy atom. The number of nitriles is 1. The van der Waals surface area contributed by atoms with Crippen LogP contribution in [0.2, 0.25) is 0 Å². The lowest BCUT2D eigenvalue weighted by molar-refractivity contribution is 0.600. The molecule has 0 unspecified atom stereocenters. The highest BCUT2D eigenvalue weighted by atomic mass is 32.2. The Bertz CT molecular complexity index is 491. The number of sulfone groups is 1. The van der Waals surface area contributed by atoms with Gasteiger partial charge in [0.1, 0.15) is 15.7 Å². The molecule has 0 radical (unpaired) electrons. The summed E-state index contributed by atoms with van der Waals surface area (Å²) in [7, 11) is -2.90. The van der Waals surface area contributed by atoms with E-state index in [9.17, 15) is 8.42 Å². The van der Waals surface area contributed by atoms with E-state index in [1.54, 1.807) is 12.1 Å². The van der Waals surface area contributed by atoms with Gasteiger partial charge in [0.15, 0.2) is 0 Å². The molecule has 86 valence electrons. The molecule has 0 spiro atoms. The van der Waals surface area contributed by atoms with Crippen LogP contribution in [0.25, 0.3) is 0 Å². The molecular formula is C10H13N3O2S. The Labute approximate surface area is 95.0 Å². The minimum Gasteiger partial charge on any atom is -0.370 e. The zero-order valence-electron chi connectivity index (χ0n) is 8.97. The fraction of sp³-hybridized carbons (Fsp3) is 0.400. The van der Waals surface area contributed by atoms with Crippen LogP contribution in [0.5, 0.6) is 0 Å². The van der Waals surface area contributed by atoms with E-state index in [2.05, 4.69) is 10.3 Å². The molecule has 1 aromatic rings. The SMILES string of the molecule is CS(=O)(=O)CCCNc1cc(C#N)ccn1. The van der Waals surface area contributed by atoms with Crippen molar-refractivity contribution in [3.8, 4) is 6.07 Å². The molecule has 1 N–H and O–H groups in total. The molecule has 6 heteroatoms. The van der Waals surface area contributed by atoms with Crippen molar-refractivity contribution in [2.24, 2.45) is 0 Å².